The molecule has 2 aliphatic heterocycles. The fourth-order valence-corrected chi connectivity index (χ4v) is 4.10. The molecular weight excluding hydrogens is 356 g/mol. The Morgan fingerprint density at radius 1 is 1.07 bits per heavy atom. The van der Waals surface area contributed by atoms with Crippen molar-refractivity contribution in [2.24, 2.45) is 0 Å². The average molecular weight is 380 g/mol. The average Bonchev–Trinajstić information content (AvgIpc) is 3.33. The molecule has 5 rings (SSSR count). The van der Waals surface area contributed by atoms with Gasteiger partial charge in [0.1, 0.15) is 30.0 Å². The van der Waals surface area contributed by atoms with E-state index in [1.165, 1.54) is 5.56 Å². The second kappa shape index (κ2) is 6.55. The number of anilines is 1. The molecule has 2 aliphatic rings. The highest BCUT2D eigenvalue weighted by atomic mass is 16.8. The Bertz CT molecular complexity index is 988. The van der Waals surface area contributed by atoms with Crippen LogP contribution in [0.4, 0.5) is 5.82 Å². The molecule has 0 aliphatic carbocycles. The Morgan fingerprint density at radius 3 is 2.68 bits per heavy atom. The summed E-state index contributed by atoms with van der Waals surface area (Å²) < 4.78 is 20.4. The molecule has 0 spiro atoms. The van der Waals surface area contributed by atoms with Crippen LogP contribution < -0.4 is 5.32 Å². The summed E-state index contributed by atoms with van der Waals surface area (Å²) in [6.45, 7) is 6.61. The molecule has 4 atom stereocenters. The number of aromatic nitrogens is 3. The SMILES string of the molecule is C[C@H]1O[C@@H](n2ccc3c(NCc4ccccc4)ncnc32)[C@@H]2OC(C)(C)O[C@@H]21. The summed E-state index contributed by atoms with van der Waals surface area (Å²) >= 11 is 0. The van der Waals surface area contributed by atoms with Gasteiger partial charge in [0.2, 0.25) is 0 Å². The summed E-state index contributed by atoms with van der Waals surface area (Å²) in [5, 5.41) is 4.37. The molecular formula is C21H24N4O3. The van der Waals surface area contributed by atoms with Crippen LogP contribution in [0.25, 0.3) is 11.0 Å². The Labute approximate surface area is 163 Å². The van der Waals surface area contributed by atoms with E-state index in [-0.39, 0.29) is 24.5 Å². The summed E-state index contributed by atoms with van der Waals surface area (Å²) in [6.07, 6.45) is 2.98. The third-order valence-corrected chi connectivity index (χ3v) is 5.35. The third kappa shape index (κ3) is 2.96. The Morgan fingerprint density at radius 2 is 1.86 bits per heavy atom. The van der Waals surface area contributed by atoms with Gasteiger partial charge in [-0.2, -0.15) is 0 Å². The standard InChI is InChI=1S/C21H24N4O3/c1-13-16-17(28-21(2,3)27-16)20(26-13)25-10-9-15-18(23-12-24-19(15)25)22-11-14-7-5-4-6-8-14/h4-10,12-13,16-17,20H,11H2,1-3H3,(H,22,23,24)/t13-,16-,17-,20-/m1/s1. The van der Waals surface area contributed by atoms with Crippen LogP contribution in [0.2, 0.25) is 0 Å². The first-order valence-electron chi connectivity index (χ1n) is 9.62. The van der Waals surface area contributed by atoms with Crippen LogP contribution in [-0.2, 0) is 20.8 Å². The van der Waals surface area contributed by atoms with Crippen molar-refractivity contribution >= 4 is 16.9 Å². The highest BCUT2D eigenvalue weighted by molar-refractivity contribution is 5.87. The zero-order valence-electron chi connectivity index (χ0n) is 16.2. The summed E-state index contributed by atoms with van der Waals surface area (Å²) in [4.78, 5) is 8.95. The molecule has 4 heterocycles. The van der Waals surface area contributed by atoms with Crippen LogP contribution in [0, 0.1) is 0 Å². The van der Waals surface area contributed by atoms with Crippen LogP contribution in [0.1, 0.15) is 32.6 Å². The van der Waals surface area contributed by atoms with Crippen molar-refractivity contribution in [1.82, 2.24) is 14.5 Å². The third-order valence-electron chi connectivity index (χ3n) is 5.35. The van der Waals surface area contributed by atoms with Crippen molar-refractivity contribution in [3.63, 3.8) is 0 Å². The molecule has 1 N–H and O–H groups in total. The summed E-state index contributed by atoms with van der Waals surface area (Å²) in [6, 6.07) is 12.3. The molecule has 0 saturated carbocycles. The van der Waals surface area contributed by atoms with E-state index >= 15 is 0 Å². The first-order valence-corrected chi connectivity index (χ1v) is 9.62. The fourth-order valence-electron chi connectivity index (χ4n) is 4.10. The largest absolute Gasteiger partial charge is 0.365 e. The summed E-state index contributed by atoms with van der Waals surface area (Å²) in [7, 11) is 0. The van der Waals surface area contributed by atoms with Crippen molar-refractivity contribution in [3.05, 3.63) is 54.5 Å². The molecule has 0 amide bonds. The van der Waals surface area contributed by atoms with E-state index < -0.39 is 5.79 Å². The molecule has 7 nitrogen and oxygen atoms in total. The maximum atomic E-state index is 6.18. The van der Waals surface area contributed by atoms with Crippen molar-refractivity contribution in [2.75, 3.05) is 5.32 Å². The molecule has 2 fully saturated rings. The number of ether oxygens (including phenoxy) is 3. The lowest BCUT2D eigenvalue weighted by atomic mass is 10.1. The van der Waals surface area contributed by atoms with Crippen molar-refractivity contribution in [3.8, 4) is 0 Å². The van der Waals surface area contributed by atoms with E-state index in [1.54, 1.807) is 6.33 Å². The molecule has 146 valence electrons. The van der Waals surface area contributed by atoms with Crippen LogP contribution >= 0.6 is 0 Å². The number of benzene rings is 1. The van der Waals surface area contributed by atoms with E-state index in [0.29, 0.717) is 6.54 Å². The molecule has 2 aromatic heterocycles. The fraction of sp³-hybridized carbons (Fsp3) is 0.429. The predicted octanol–water partition coefficient (Wildman–Crippen LogP) is 3.48. The molecule has 1 aromatic carbocycles. The minimum Gasteiger partial charge on any atom is -0.365 e. The van der Waals surface area contributed by atoms with Gasteiger partial charge in [-0.3, -0.25) is 0 Å². The van der Waals surface area contributed by atoms with E-state index in [0.717, 1.165) is 16.9 Å². The molecule has 7 heteroatoms. The molecule has 0 radical (unpaired) electrons. The smallest absolute Gasteiger partial charge is 0.164 e. The van der Waals surface area contributed by atoms with Crippen LogP contribution in [0.15, 0.2) is 48.9 Å². The molecule has 0 bridgehead atoms. The summed E-state index contributed by atoms with van der Waals surface area (Å²) in [5.41, 5.74) is 2.01. The first-order chi connectivity index (χ1) is 13.5. The lowest BCUT2D eigenvalue weighted by molar-refractivity contribution is -0.194. The van der Waals surface area contributed by atoms with Crippen molar-refractivity contribution in [2.45, 2.75) is 57.6 Å². The van der Waals surface area contributed by atoms with Crippen LogP contribution in [0.5, 0.6) is 0 Å². The van der Waals surface area contributed by atoms with Crippen molar-refractivity contribution in [1.29, 1.82) is 0 Å². The minimum absolute atomic E-state index is 0.0493. The number of rotatable bonds is 4. The van der Waals surface area contributed by atoms with Gasteiger partial charge in [0.15, 0.2) is 12.0 Å². The monoisotopic (exact) mass is 380 g/mol. The molecule has 0 unspecified atom stereocenters. The highest BCUT2D eigenvalue weighted by Gasteiger charge is 2.54. The van der Waals surface area contributed by atoms with Gasteiger partial charge < -0.3 is 24.1 Å². The lowest BCUT2D eigenvalue weighted by Gasteiger charge is -2.24. The van der Waals surface area contributed by atoms with E-state index in [1.807, 2.05) is 55.8 Å². The number of hydrogen-bond donors (Lipinski definition) is 1. The van der Waals surface area contributed by atoms with Crippen molar-refractivity contribution < 1.29 is 14.2 Å². The number of nitrogens with zero attached hydrogens (tertiary/aromatic N) is 3. The van der Waals surface area contributed by atoms with Gasteiger partial charge in [-0.15, -0.1) is 0 Å². The van der Waals surface area contributed by atoms with Gasteiger partial charge in [0.05, 0.1) is 11.5 Å². The minimum atomic E-state index is -0.605. The van der Waals surface area contributed by atoms with Gasteiger partial charge in [-0.1, -0.05) is 30.3 Å². The van der Waals surface area contributed by atoms with Gasteiger partial charge >= 0.3 is 0 Å². The zero-order chi connectivity index (χ0) is 19.3. The quantitative estimate of drug-likeness (QED) is 0.747. The van der Waals surface area contributed by atoms with Crippen LogP contribution in [0.3, 0.4) is 0 Å². The van der Waals surface area contributed by atoms with E-state index in [9.17, 15) is 0 Å². The van der Waals surface area contributed by atoms with Gasteiger partial charge in [0, 0.05) is 12.7 Å². The molecule has 3 aromatic rings. The topological polar surface area (TPSA) is 70.4 Å². The van der Waals surface area contributed by atoms with Gasteiger partial charge in [0.25, 0.3) is 0 Å². The number of nitrogens with one attached hydrogen (secondary N) is 1. The maximum Gasteiger partial charge on any atom is 0.164 e. The van der Waals surface area contributed by atoms with Crippen LogP contribution in [-0.4, -0.2) is 38.6 Å². The Kier molecular flexibility index (Phi) is 4.12. The normalized spacial score (nSPS) is 28.5. The maximum absolute atomic E-state index is 6.18. The zero-order valence-corrected chi connectivity index (χ0v) is 16.2. The predicted molar refractivity (Wildman–Crippen MR) is 105 cm³/mol. The van der Waals surface area contributed by atoms with E-state index in [2.05, 4.69) is 27.4 Å². The first kappa shape index (κ1) is 17.6. The number of fused-ring (bicyclic) bond motifs is 2. The lowest BCUT2D eigenvalue weighted by Crippen LogP contribution is -2.27. The second-order valence-corrected chi connectivity index (χ2v) is 7.82. The molecule has 28 heavy (non-hydrogen) atoms. The Balaban J connectivity index is 1.44. The van der Waals surface area contributed by atoms with Gasteiger partial charge in [-0.25, -0.2) is 9.97 Å². The van der Waals surface area contributed by atoms with Gasteiger partial charge in [-0.05, 0) is 32.4 Å². The Hall–Kier alpha value is -2.48. The second-order valence-electron chi connectivity index (χ2n) is 7.82. The number of hydrogen-bond acceptors (Lipinski definition) is 6. The molecule has 2 saturated heterocycles. The summed E-state index contributed by atoms with van der Waals surface area (Å²) in [5.74, 6) is 0.200. The van der Waals surface area contributed by atoms with E-state index in [4.69, 9.17) is 14.2 Å². The highest BCUT2D eigenvalue weighted by Crippen LogP contribution is 2.43.